The normalized spacial score (nSPS) is 7.50. The van der Waals surface area contributed by atoms with Crippen LogP contribution in [0.4, 0.5) is 0 Å². The molecule has 0 bridgehead atoms. The van der Waals surface area contributed by atoms with Gasteiger partial charge in [-0.05, 0) is 19.9 Å². The molecule has 0 radical (unpaired) electrons. The van der Waals surface area contributed by atoms with Gasteiger partial charge in [0.15, 0.2) is 0 Å². The summed E-state index contributed by atoms with van der Waals surface area (Å²) >= 11 is 0. The molecular weight excluding hydrogens is 158 g/mol. The number of carbonyl (C=O) groups is 3. The number of amides is 1. The summed E-state index contributed by atoms with van der Waals surface area (Å²) in [4.78, 5) is 29.5. The Hall–Kier alpha value is -1.45. The molecule has 0 aliphatic heterocycles. The molecule has 0 rings (SSSR count). The lowest BCUT2D eigenvalue weighted by molar-refractivity contribution is -0.124. The largest absolute Gasteiger partial charge is 0.366 e. The van der Waals surface area contributed by atoms with Crippen LogP contribution in [-0.2, 0) is 14.4 Å². The van der Waals surface area contributed by atoms with Crippen molar-refractivity contribution in [1.82, 2.24) is 0 Å². The summed E-state index contributed by atoms with van der Waals surface area (Å²) in [7, 11) is 0. The zero-order valence-corrected chi connectivity index (χ0v) is 7.29. The number of hydrogen-bond acceptors (Lipinski definition) is 3. The molecule has 4 heteroatoms. The van der Waals surface area contributed by atoms with E-state index >= 15 is 0 Å². The molecular formula is C8H13NO3. The van der Waals surface area contributed by atoms with Crippen LogP contribution in [-0.4, -0.2) is 17.5 Å². The highest BCUT2D eigenvalue weighted by Gasteiger charge is 1.94. The minimum atomic E-state index is -0.481. The molecule has 0 heterocycles. The fourth-order valence-corrected chi connectivity index (χ4v) is 0.351. The Morgan fingerprint density at radius 3 is 1.50 bits per heavy atom. The first-order chi connectivity index (χ1) is 5.40. The molecule has 0 aliphatic carbocycles. The molecule has 0 saturated carbocycles. The van der Waals surface area contributed by atoms with Gasteiger partial charge in [-0.25, -0.2) is 0 Å². The van der Waals surface area contributed by atoms with Crippen LogP contribution < -0.4 is 5.73 Å². The van der Waals surface area contributed by atoms with E-state index in [2.05, 4.69) is 12.3 Å². The van der Waals surface area contributed by atoms with Crippen molar-refractivity contribution in [1.29, 1.82) is 0 Å². The molecule has 12 heavy (non-hydrogen) atoms. The van der Waals surface area contributed by atoms with E-state index in [-0.39, 0.29) is 18.0 Å². The minimum Gasteiger partial charge on any atom is -0.366 e. The van der Waals surface area contributed by atoms with Crippen molar-refractivity contribution in [3.63, 3.8) is 0 Å². The molecule has 0 aliphatic rings. The SMILES string of the molecule is C=CC(N)=O.CC(=O)CC(C)=O. The fraction of sp³-hybridized carbons (Fsp3) is 0.375. The maximum Gasteiger partial charge on any atom is 0.240 e. The summed E-state index contributed by atoms with van der Waals surface area (Å²) < 4.78 is 0. The van der Waals surface area contributed by atoms with Gasteiger partial charge in [0.25, 0.3) is 0 Å². The lowest BCUT2D eigenvalue weighted by atomic mass is 10.2. The van der Waals surface area contributed by atoms with Gasteiger partial charge >= 0.3 is 0 Å². The minimum absolute atomic E-state index is 0.0625. The Balaban J connectivity index is 0. The average molecular weight is 171 g/mol. The van der Waals surface area contributed by atoms with Crippen LogP contribution in [0.2, 0.25) is 0 Å². The Morgan fingerprint density at radius 1 is 1.25 bits per heavy atom. The third-order valence-corrected chi connectivity index (χ3v) is 0.699. The molecule has 0 unspecified atom stereocenters. The molecule has 0 aromatic carbocycles. The van der Waals surface area contributed by atoms with Crippen molar-refractivity contribution in [2.45, 2.75) is 20.3 Å². The summed E-state index contributed by atoms with van der Waals surface area (Å²) in [6.07, 6.45) is 1.14. The van der Waals surface area contributed by atoms with E-state index < -0.39 is 5.91 Å². The van der Waals surface area contributed by atoms with Crippen molar-refractivity contribution in [2.75, 3.05) is 0 Å². The Kier molecular flexibility index (Phi) is 8.40. The number of hydrogen-bond donors (Lipinski definition) is 1. The van der Waals surface area contributed by atoms with Gasteiger partial charge in [-0.15, -0.1) is 0 Å². The molecule has 2 N–H and O–H groups in total. The van der Waals surface area contributed by atoms with Crippen molar-refractivity contribution < 1.29 is 14.4 Å². The smallest absolute Gasteiger partial charge is 0.240 e. The first-order valence-electron chi connectivity index (χ1n) is 3.31. The predicted octanol–water partition coefficient (Wildman–Crippen LogP) is 0.212. The Labute approximate surface area is 71.4 Å². The van der Waals surface area contributed by atoms with Crippen LogP contribution in [0.15, 0.2) is 12.7 Å². The third kappa shape index (κ3) is 23.5. The van der Waals surface area contributed by atoms with Gasteiger partial charge in [-0.3, -0.25) is 14.4 Å². The number of nitrogens with two attached hydrogens (primary N) is 1. The zero-order chi connectivity index (χ0) is 10.1. The highest BCUT2D eigenvalue weighted by atomic mass is 16.1. The van der Waals surface area contributed by atoms with Gasteiger partial charge in [0, 0.05) is 0 Å². The lowest BCUT2D eigenvalue weighted by Crippen LogP contribution is -2.04. The molecule has 1 amide bonds. The van der Waals surface area contributed by atoms with Crippen molar-refractivity contribution in [3.05, 3.63) is 12.7 Å². The molecule has 0 spiro atoms. The molecule has 0 fully saturated rings. The maximum absolute atomic E-state index is 10.0. The number of Topliss-reactive ketones (excluding diaryl/α,β-unsaturated/α-hetero) is 2. The van der Waals surface area contributed by atoms with E-state index in [9.17, 15) is 14.4 Å². The monoisotopic (exact) mass is 171 g/mol. The summed E-state index contributed by atoms with van der Waals surface area (Å²) in [6.45, 7) is 5.89. The molecule has 0 aromatic rings. The highest BCUT2D eigenvalue weighted by Crippen LogP contribution is 1.80. The predicted molar refractivity (Wildman–Crippen MR) is 45.4 cm³/mol. The van der Waals surface area contributed by atoms with E-state index in [1.807, 2.05) is 0 Å². The van der Waals surface area contributed by atoms with Gasteiger partial charge in [-0.2, -0.15) is 0 Å². The quantitative estimate of drug-likeness (QED) is 0.487. The molecule has 0 saturated heterocycles. The second-order valence-corrected chi connectivity index (χ2v) is 2.19. The van der Waals surface area contributed by atoms with E-state index in [1.54, 1.807) is 0 Å². The average Bonchev–Trinajstić information content (AvgIpc) is 1.85. The first kappa shape index (κ1) is 13.2. The number of primary amides is 1. The van der Waals surface area contributed by atoms with Gasteiger partial charge in [0.2, 0.25) is 5.91 Å². The summed E-state index contributed by atoms with van der Waals surface area (Å²) in [6, 6.07) is 0. The second-order valence-electron chi connectivity index (χ2n) is 2.19. The van der Waals surface area contributed by atoms with Crippen LogP contribution in [0.3, 0.4) is 0 Å². The maximum atomic E-state index is 10.0. The lowest BCUT2D eigenvalue weighted by Gasteiger charge is -1.81. The van der Waals surface area contributed by atoms with Crippen LogP contribution in [0.1, 0.15) is 20.3 Å². The topological polar surface area (TPSA) is 77.2 Å². The van der Waals surface area contributed by atoms with Crippen LogP contribution in [0, 0.1) is 0 Å². The van der Waals surface area contributed by atoms with Crippen molar-refractivity contribution in [2.24, 2.45) is 5.73 Å². The number of ketones is 2. The Bertz CT molecular complexity index is 184. The Morgan fingerprint density at radius 2 is 1.50 bits per heavy atom. The van der Waals surface area contributed by atoms with Crippen LogP contribution in [0.25, 0.3) is 0 Å². The number of rotatable bonds is 3. The molecule has 4 nitrogen and oxygen atoms in total. The third-order valence-electron chi connectivity index (χ3n) is 0.699. The van der Waals surface area contributed by atoms with Gasteiger partial charge in [0.05, 0.1) is 6.42 Å². The summed E-state index contributed by atoms with van der Waals surface area (Å²) in [5, 5.41) is 0. The highest BCUT2D eigenvalue weighted by molar-refractivity contribution is 5.96. The molecule has 0 atom stereocenters. The van der Waals surface area contributed by atoms with Crippen LogP contribution >= 0.6 is 0 Å². The van der Waals surface area contributed by atoms with E-state index in [0.717, 1.165) is 6.08 Å². The van der Waals surface area contributed by atoms with E-state index in [4.69, 9.17) is 0 Å². The summed E-state index contributed by atoms with van der Waals surface area (Å²) in [5.41, 5.74) is 4.53. The van der Waals surface area contributed by atoms with Crippen molar-refractivity contribution in [3.8, 4) is 0 Å². The van der Waals surface area contributed by atoms with Crippen LogP contribution in [0.5, 0.6) is 0 Å². The van der Waals surface area contributed by atoms with Gasteiger partial charge in [-0.1, -0.05) is 6.58 Å². The first-order valence-corrected chi connectivity index (χ1v) is 3.31. The fourth-order valence-electron chi connectivity index (χ4n) is 0.351. The van der Waals surface area contributed by atoms with E-state index in [1.165, 1.54) is 13.8 Å². The molecule has 0 aromatic heterocycles. The zero-order valence-electron chi connectivity index (χ0n) is 7.29. The van der Waals surface area contributed by atoms with Crippen molar-refractivity contribution >= 4 is 17.5 Å². The van der Waals surface area contributed by atoms with E-state index in [0.29, 0.717) is 0 Å². The summed E-state index contributed by atoms with van der Waals surface area (Å²) in [5.74, 6) is -0.606. The standard InChI is InChI=1S/C5H8O2.C3H5NO/c1-4(6)3-5(2)7;1-2-3(4)5/h3H2,1-2H3;2H,1H2,(H2,4,5). The number of carbonyl (C=O) groups excluding carboxylic acids is 3. The second kappa shape index (κ2) is 7.65. The van der Waals surface area contributed by atoms with Gasteiger partial charge in [0.1, 0.15) is 11.6 Å². The van der Waals surface area contributed by atoms with Gasteiger partial charge < -0.3 is 5.73 Å². The molecule has 68 valence electrons.